The Kier molecular flexibility index (Phi) is 5.50. The number of benzene rings is 3. The molecule has 2 heterocycles. The van der Waals surface area contributed by atoms with Gasteiger partial charge in [0.05, 0.1) is 18.0 Å². The summed E-state index contributed by atoms with van der Waals surface area (Å²) >= 11 is 1.55. The molecule has 3 aromatic carbocycles. The zero-order chi connectivity index (χ0) is 21.9. The number of aromatic nitrogens is 2. The van der Waals surface area contributed by atoms with Gasteiger partial charge in [-0.05, 0) is 28.8 Å². The van der Waals surface area contributed by atoms with Crippen LogP contribution in [0.25, 0.3) is 33.4 Å². The standard InChI is InChI=1S/C27H20N2O2S/c30-18-19-6-8-23(9-7-19)26-24(29-16-17-32-27(29)28-26)14-15-25(31)22-12-10-21(11-13-22)20-4-2-1-3-5-20/h1-17,30H,18H2/b15-14+. The van der Waals surface area contributed by atoms with Crippen molar-refractivity contribution in [3.63, 3.8) is 0 Å². The van der Waals surface area contributed by atoms with E-state index < -0.39 is 0 Å². The number of allylic oxidation sites excluding steroid dienone is 1. The molecule has 0 bridgehead atoms. The summed E-state index contributed by atoms with van der Waals surface area (Å²) in [5, 5.41) is 11.3. The highest BCUT2D eigenvalue weighted by Gasteiger charge is 2.13. The van der Waals surface area contributed by atoms with E-state index >= 15 is 0 Å². The minimum absolute atomic E-state index is 0.00286. The SMILES string of the molecule is O=C(/C=C/c1c(-c2ccc(CO)cc2)nc2sccn12)c1ccc(-c2ccccc2)cc1. The lowest BCUT2D eigenvalue weighted by molar-refractivity contribution is 0.104. The van der Waals surface area contributed by atoms with Crippen LogP contribution in [0.4, 0.5) is 0 Å². The van der Waals surface area contributed by atoms with Crippen LogP contribution in [-0.2, 0) is 6.61 Å². The van der Waals surface area contributed by atoms with E-state index in [-0.39, 0.29) is 12.4 Å². The second-order valence-electron chi connectivity index (χ2n) is 7.40. The molecule has 2 aromatic heterocycles. The quantitative estimate of drug-likeness (QED) is 0.258. The molecule has 0 aliphatic rings. The molecular formula is C27H20N2O2S. The van der Waals surface area contributed by atoms with Crippen molar-refractivity contribution in [2.75, 3.05) is 0 Å². The van der Waals surface area contributed by atoms with Crippen LogP contribution in [-0.4, -0.2) is 20.3 Å². The fourth-order valence-corrected chi connectivity index (χ4v) is 4.37. The maximum atomic E-state index is 12.9. The van der Waals surface area contributed by atoms with Crippen LogP contribution in [0, 0.1) is 0 Å². The Hall–Kier alpha value is -3.80. The van der Waals surface area contributed by atoms with Crippen LogP contribution in [0.2, 0.25) is 0 Å². The molecular weight excluding hydrogens is 416 g/mol. The number of carbonyl (C=O) groups excluding carboxylic acids is 1. The van der Waals surface area contributed by atoms with Gasteiger partial charge >= 0.3 is 0 Å². The predicted molar refractivity (Wildman–Crippen MR) is 130 cm³/mol. The number of aliphatic hydroxyl groups excluding tert-OH is 1. The smallest absolute Gasteiger partial charge is 0.194 e. The number of ketones is 1. The highest BCUT2D eigenvalue weighted by Crippen LogP contribution is 2.28. The van der Waals surface area contributed by atoms with Crippen molar-refractivity contribution in [1.29, 1.82) is 0 Å². The Bertz CT molecular complexity index is 1400. The summed E-state index contributed by atoms with van der Waals surface area (Å²) < 4.78 is 1.99. The van der Waals surface area contributed by atoms with E-state index in [9.17, 15) is 9.90 Å². The topological polar surface area (TPSA) is 54.6 Å². The van der Waals surface area contributed by atoms with Crippen molar-refractivity contribution >= 4 is 28.2 Å². The molecule has 0 atom stereocenters. The van der Waals surface area contributed by atoms with Crippen molar-refractivity contribution < 1.29 is 9.90 Å². The zero-order valence-electron chi connectivity index (χ0n) is 17.2. The summed E-state index contributed by atoms with van der Waals surface area (Å²) in [6, 6.07) is 25.4. The number of fused-ring (bicyclic) bond motifs is 1. The molecule has 0 radical (unpaired) electrons. The van der Waals surface area contributed by atoms with E-state index in [1.807, 2.05) is 88.8 Å². The molecule has 0 saturated carbocycles. The Morgan fingerprint density at radius 3 is 2.31 bits per heavy atom. The summed E-state index contributed by atoms with van der Waals surface area (Å²) in [5.74, 6) is -0.0589. The average molecular weight is 437 g/mol. The number of hydrogen-bond acceptors (Lipinski definition) is 4. The zero-order valence-corrected chi connectivity index (χ0v) is 18.0. The van der Waals surface area contributed by atoms with E-state index in [2.05, 4.69) is 12.1 Å². The highest BCUT2D eigenvalue weighted by atomic mass is 32.1. The lowest BCUT2D eigenvalue weighted by Gasteiger charge is -2.03. The Morgan fingerprint density at radius 2 is 1.59 bits per heavy atom. The summed E-state index contributed by atoms with van der Waals surface area (Å²) in [7, 11) is 0. The molecule has 0 saturated heterocycles. The molecule has 156 valence electrons. The maximum absolute atomic E-state index is 12.9. The van der Waals surface area contributed by atoms with Gasteiger partial charge in [-0.15, -0.1) is 11.3 Å². The maximum Gasteiger partial charge on any atom is 0.194 e. The van der Waals surface area contributed by atoms with Crippen molar-refractivity contribution in [2.45, 2.75) is 6.61 Å². The minimum atomic E-state index is -0.0589. The van der Waals surface area contributed by atoms with Gasteiger partial charge in [0.2, 0.25) is 0 Å². The van der Waals surface area contributed by atoms with Crippen LogP contribution in [0.1, 0.15) is 21.6 Å². The van der Waals surface area contributed by atoms with E-state index in [1.54, 1.807) is 17.4 Å². The van der Waals surface area contributed by atoms with Crippen LogP contribution in [0.3, 0.4) is 0 Å². The fraction of sp³-hybridized carbons (Fsp3) is 0.0370. The number of nitrogens with zero attached hydrogens (tertiary/aromatic N) is 2. The first kappa shape index (κ1) is 20.1. The number of hydrogen-bond donors (Lipinski definition) is 1. The van der Waals surface area contributed by atoms with Crippen molar-refractivity contribution in [3.05, 3.63) is 113 Å². The third kappa shape index (κ3) is 3.91. The Balaban J connectivity index is 1.44. The third-order valence-electron chi connectivity index (χ3n) is 5.38. The fourth-order valence-electron chi connectivity index (χ4n) is 3.65. The lowest BCUT2D eigenvalue weighted by Crippen LogP contribution is -1.95. The van der Waals surface area contributed by atoms with Gasteiger partial charge in [0.25, 0.3) is 0 Å². The first-order valence-corrected chi connectivity index (χ1v) is 11.1. The molecule has 32 heavy (non-hydrogen) atoms. The van der Waals surface area contributed by atoms with Crippen LogP contribution < -0.4 is 0 Å². The van der Waals surface area contributed by atoms with Gasteiger partial charge in [-0.3, -0.25) is 9.20 Å². The van der Waals surface area contributed by atoms with Crippen molar-refractivity contribution in [1.82, 2.24) is 9.38 Å². The molecule has 5 rings (SSSR count). The molecule has 5 heteroatoms. The average Bonchev–Trinajstić information content (AvgIpc) is 3.45. The molecule has 0 unspecified atom stereocenters. The van der Waals surface area contributed by atoms with Gasteiger partial charge in [-0.1, -0.05) is 78.9 Å². The summed E-state index contributed by atoms with van der Waals surface area (Å²) in [6.45, 7) is 0.00286. The van der Waals surface area contributed by atoms with Gasteiger partial charge in [0.15, 0.2) is 10.7 Å². The van der Waals surface area contributed by atoms with Crippen molar-refractivity contribution in [3.8, 4) is 22.4 Å². The summed E-state index contributed by atoms with van der Waals surface area (Å²) in [6.07, 6.45) is 5.39. The second-order valence-corrected chi connectivity index (χ2v) is 8.27. The second kappa shape index (κ2) is 8.75. The molecule has 0 fully saturated rings. The van der Waals surface area contributed by atoms with E-state index in [4.69, 9.17) is 4.98 Å². The van der Waals surface area contributed by atoms with E-state index in [1.165, 1.54) is 0 Å². The number of imidazole rings is 1. The number of carbonyl (C=O) groups is 1. The molecule has 0 aliphatic carbocycles. The first-order valence-electron chi connectivity index (χ1n) is 10.3. The molecule has 4 nitrogen and oxygen atoms in total. The molecule has 0 amide bonds. The minimum Gasteiger partial charge on any atom is -0.392 e. The van der Waals surface area contributed by atoms with Crippen molar-refractivity contribution in [2.24, 2.45) is 0 Å². The van der Waals surface area contributed by atoms with Gasteiger partial charge in [-0.2, -0.15) is 0 Å². The van der Waals surface area contributed by atoms with Gasteiger partial charge in [-0.25, -0.2) is 4.98 Å². The normalized spacial score (nSPS) is 11.4. The number of rotatable bonds is 6. The van der Waals surface area contributed by atoms with Gasteiger partial charge in [0, 0.05) is 22.7 Å². The lowest BCUT2D eigenvalue weighted by atomic mass is 10.0. The van der Waals surface area contributed by atoms with Crippen LogP contribution in [0.15, 0.2) is 96.5 Å². The van der Waals surface area contributed by atoms with Crippen LogP contribution in [0.5, 0.6) is 0 Å². The van der Waals surface area contributed by atoms with Gasteiger partial charge in [0.1, 0.15) is 0 Å². The van der Waals surface area contributed by atoms with E-state index in [0.29, 0.717) is 5.56 Å². The Morgan fingerprint density at radius 1 is 0.906 bits per heavy atom. The predicted octanol–water partition coefficient (Wildman–Crippen LogP) is 6.12. The monoisotopic (exact) mass is 436 g/mol. The summed E-state index contributed by atoms with van der Waals surface area (Å²) in [4.78, 5) is 18.5. The Labute approximate surface area is 189 Å². The molecule has 0 spiro atoms. The molecule has 5 aromatic rings. The first-order chi connectivity index (χ1) is 15.7. The highest BCUT2D eigenvalue weighted by molar-refractivity contribution is 7.15. The van der Waals surface area contributed by atoms with Crippen LogP contribution >= 0.6 is 11.3 Å². The largest absolute Gasteiger partial charge is 0.392 e. The third-order valence-corrected chi connectivity index (χ3v) is 6.13. The number of thiazole rings is 1. The number of aliphatic hydroxyl groups is 1. The molecule has 0 aliphatic heterocycles. The molecule has 1 N–H and O–H groups in total. The van der Waals surface area contributed by atoms with E-state index in [0.717, 1.165) is 38.6 Å². The summed E-state index contributed by atoms with van der Waals surface area (Å²) in [5.41, 5.74) is 6.30. The van der Waals surface area contributed by atoms with Gasteiger partial charge < -0.3 is 5.11 Å².